The van der Waals surface area contributed by atoms with Gasteiger partial charge in [0.15, 0.2) is 11.9 Å². The Morgan fingerprint density at radius 2 is 1.76 bits per heavy atom. The summed E-state index contributed by atoms with van der Waals surface area (Å²) >= 11 is 3.49. The van der Waals surface area contributed by atoms with Crippen molar-refractivity contribution < 1.29 is 9.63 Å². The second-order valence-electron chi connectivity index (χ2n) is 4.63. The molecule has 1 atom stereocenters. The molecule has 0 spiro atoms. The molecule has 0 aliphatic heterocycles. The zero-order valence-corrected chi connectivity index (χ0v) is 12.7. The molecule has 1 unspecified atom stereocenters. The summed E-state index contributed by atoms with van der Waals surface area (Å²) < 4.78 is 6.17. The van der Waals surface area contributed by atoms with Crippen LogP contribution < -0.4 is 0 Å². The number of aliphatic hydroxyl groups is 1. The summed E-state index contributed by atoms with van der Waals surface area (Å²) in [5.74, 6) is 0.759. The van der Waals surface area contributed by atoms with Crippen molar-refractivity contribution in [1.82, 2.24) is 10.1 Å². The molecule has 0 bridgehead atoms. The van der Waals surface area contributed by atoms with Gasteiger partial charge < -0.3 is 9.63 Å². The lowest BCUT2D eigenvalue weighted by atomic mass is 10.1. The minimum absolute atomic E-state index is 0.211. The maximum Gasteiger partial charge on any atom is 0.260 e. The molecular weight excluding hydrogens is 332 g/mol. The third-order valence-corrected chi connectivity index (χ3v) is 3.91. The topological polar surface area (TPSA) is 59.2 Å². The molecule has 0 saturated heterocycles. The molecule has 0 aliphatic rings. The first kappa shape index (κ1) is 14.0. The van der Waals surface area contributed by atoms with Crippen LogP contribution in [0.5, 0.6) is 0 Å². The number of rotatable bonds is 4. The van der Waals surface area contributed by atoms with Crippen molar-refractivity contribution >= 4 is 15.9 Å². The lowest BCUT2D eigenvalue weighted by molar-refractivity contribution is 0.170. The Labute approximate surface area is 130 Å². The minimum Gasteiger partial charge on any atom is -0.378 e. The van der Waals surface area contributed by atoms with Crippen molar-refractivity contribution in [2.24, 2.45) is 0 Å². The van der Waals surface area contributed by atoms with Gasteiger partial charge in [-0.1, -0.05) is 69.6 Å². The van der Waals surface area contributed by atoms with E-state index in [4.69, 9.17) is 4.52 Å². The minimum atomic E-state index is -0.897. The van der Waals surface area contributed by atoms with Gasteiger partial charge in [-0.25, -0.2) is 0 Å². The van der Waals surface area contributed by atoms with Crippen LogP contribution in [-0.4, -0.2) is 15.2 Å². The highest BCUT2D eigenvalue weighted by Crippen LogP contribution is 2.22. The fraction of sp³-hybridized carbons (Fsp3) is 0.125. The van der Waals surface area contributed by atoms with Gasteiger partial charge in [0.25, 0.3) is 5.89 Å². The lowest BCUT2D eigenvalue weighted by Gasteiger charge is -2.04. The molecule has 0 radical (unpaired) electrons. The van der Waals surface area contributed by atoms with E-state index in [1.54, 1.807) is 0 Å². The van der Waals surface area contributed by atoms with E-state index in [1.165, 1.54) is 0 Å². The number of halogens is 1. The van der Waals surface area contributed by atoms with Gasteiger partial charge in [-0.15, -0.1) is 0 Å². The summed E-state index contributed by atoms with van der Waals surface area (Å²) in [5, 5.41) is 14.2. The van der Waals surface area contributed by atoms with Gasteiger partial charge in [-0.3, -0.25) is 0 Å². The van der Waals surface area contributed by atoms with Gasteiger partial charge in [-0.2, -0.15) is 4.98 Å². The number of aromatic nitrogens is 2. The van der Waals surface area contributed by atoms with E-state index in [0.29, 0.717) is 12.2 Å². The maximum absolute atomic E-state index is 10.2. The molecule has 0 amide bonds. The largest absolute Gasteiger partial charge is 0.378 e. The SMILES string of the molecule is OC(c1ccccc1)c1nc(Cc2ccccc2Br)no1. The van der Waals surface area contributed by atoms with Crippen molar-refractivity contribution in [2.75, 3.05) is 0 Å². The molecule has 106 valence electrons. The predicted molar refractivity (Wildman–Crippen MR) is 81.7 cm³/mol. The Morgan fingerprint density at radius 1 is 1.05 bits per heavy atom. The number of nitrogens with zero attached hydrogens (tertiary/aromatic N) is 2. The predicted octanol–water partition coefficient (Wildman–Crippen LogP) is 3.50. The molecule has 0 fully saturated rings. The summed E-state index contributed by atoms with van der Waals surface area (Å²) in [5.41, 5.74) is 1.80. The third kappa shape index (κ3) is 3.20. The Kier molecular flexibility index (Phi) is 4.13. The Balaban J connectivity index is 1.79. The maximum atomic E-state index is 10.2. The van der Waals surface area contributed by atoms with E-state index in [-0.39, 0.29) is 5.89 Å². The van der Waals surface area contributed by atoms with E-state index >= 15 is 0 Å². The van der Waals surface area contributed by atoms with Crippen molar-refractivity contribution in [1.29, 1.82) is 0 Å². The van der Waals surface area contributed by atoms with E-state index in [9.17, 15) is 5.11 Å². The monoisotopic (exact) mass is 344 g/mol. The van der Waals surface area contributed by atoms with Crippen LogP contribution in [-0.2, 0) is 6.42 Å². The summed E-state index contributed by atoms with van der Waals surface area (Å²) in [6, 6.07) is 17.1. The highest BCUT2D eigenvalue weighted by molar-refractivity contribution is 9.10. The second-order valence-corrected chi connectivity index (χ2v) is 5.48. The molecule has 0 aliphatic carbocycles. The first-order valence-electron chi connectivity index (χ1n) is 6.53. The quantitative estimate of drug-likeness (QED) is 0.786. The summed E-state index contributed by atoms with van der Waals surface area (Å²) in [6.07, 6.45) is -0.349. The molecule has 2 aromatic carbocycles. The van der Waals surface area contributed by atoms with Crippen molar-refractivity contribution in [2.45, 2.75) is 12.5 Å². The van der Waals surface area contributed by atoms with Gasteiger partial charge >= 0.3 is 0 Å². The van der Waals surface area contributed by atoms with Gasteiger partial charge in [0.1, 0.15) is 0 Å². The summed E-state index contributed by atoms with van der Waals surface area (Å²) in [6.45, 7) is 0. The number of benzene rings is 2. The zero-order valence-electron chi connectivity index (χ0n) is 11.1. The summed E-state index contributed by atoms with van der Waals surface area (Å²) in [4.78, 5) is 4.27. The molecule has 5 heteroatoms. The Morgan fingerprint density at radius 3 is 2.52 bits per heavy atom. The Hall–Kier alpha value is -1.98. The van der Waals surface area contributed by atoms with Gasteiger partial charge in [0.05, 0.1) is 0 Å². The van der Waals surface area contributed by atoms with Crippen molar-refractivity contribution in [3.05, 3.63) is 81.9 Å². The zero-order chi connectivity index (χ0) is 14.7. The number of aliphatic hydroxyl groups excluding tert-OH is 1. The van der Waals surface area contributed by atoms with Crippen LogP contribution in [0.4, 0.5) is 0 Å². The number of hydrogen-bond acceptors (Lipinski definition) is 4. The lowest BCUT2D eigenvalue weighted by Crippen LogP contribution is -2.00. The van der Waals surface area contributed by atoms with E-state index in [1.807, 2.05) is 54.6 Å². The van der Waals surface area contributed by atoms with Gasteiger partial charge in [0.2, 0.25) is 0 Å². The highest BCUT2D eigenvalue weighted by Gasteiger charge is 2.18. The van der Waals surface area contributed by atoms with Crippen molar-refractivity contribution in [3.8, 4) is 0 Å². The molecule has 1 N–H and O–H groups in total. The highest BCUT2D eigenvalue weighted by atomic mass is 79.9. The average Bonchev–Trinajstić information content (AvgIpc) is 2.98. The third-order valence-electron chi connectivity index (χ3n) is 3.14. The molecular formula is C16H13BrN2O2. The Bertz CT molecular complexity index is 728. The molecule has 3 rings (SSSR count). The van der Waals surface area contributed by atoms with Crippen LogP contribution in [0.25, 0.3) is 0 Å². The fourth-order valence-electron chi connectivity index (χ4n) is 2.04. The standard InChI is InChI=1S/C16H13BrN2O2/c17-13-9-5-4-8-12(13)10-14-18-16(21-19-14)15(20)11-6-2-1-3-7-11/h1-9,15,20H,10H2. The van der Waals surface area contributed by atoms with Crippen LogP contribution in [0.3, 0.4) is 0 Å². The van der Waals surface area contributed by atoms with Crippen LogP contribution in [0.2, 0.25) is 0 Å². The molecule has 1 heterocycles. The van der Waals surface area contributed by atoms with E-state index in [0.717, 1.165) is 15.6 Å². The van der Waals surface area contributed by atoms with Crippen LogP contribution >= 0.6 is 15.9 Å². The van der Waals surface area contributed by atoms with Crippen molar-refractivity contribution in [3.63, 3.8) is 0 Å². The number of hydrogen-bond donors (Lipinski definition) is 1. The normalized spacial score (nSPS) is 12.3. The molecule has 1 aromatic heterocycles. The average molecular weight is 345 g/mol. The second kappa shape index (κ2) is 6.20. The fourth-order valence-corrected chi connectivity index (χ4v) is 2.47. The van der Waals surface area contributed by atoms with Gasteiger partial charge in [-0.05, 0) is 17.2 Å². The molecule has 3 aromatic rings. The molecule has 0 saturated carbocycles. The van der Waals surface area contributed by atoms with Crippen LogP contribution in [0.15, 0.2) is 63.6 Å². The van der Waals surface area contributed by atoms with E-state index in [2.05, 4.69) is 26.1 Å². The van der Waals surface area contributed by atoms with Crippen LogP contribution in [0, 0.1) is 0 Å². The first-order chi connectivity index (χ1) is 10.2. The summed E-state index contributed by atoms with van der Waals surface area (Å²) in [7, 11) is 0. The molecule has 4 nitrogen and oxygen atoms in total. The van der Waals surface area contributed by atoms with Gasteiger partial charge in [0, 0.05) is 10.9 Å². The van der Waals surface area contributed by atoms with E-state index < -0.39 is 6.10 Å². The van der Waals surface area contributed by atoms with Crippen LogP contribution in [0.1, 0.15) is 28.9 Å². The first-order valence-corrected chi connectivity index (χ1v) is 7.32. The molecule has 21 heavy (non-hydrogen) atoms. The smallest absolute Gasteiger partial charge is 0.260 e.